The van der Waals surface area contributed by atoms with Crippen LogP contribution in [-0.2, 0) is 4.79 Å². The molecule has 0 saturated carbocycles. The highest BCUT2D eigenvalue weighted by atomic mass is 31.2. The van der Waals surface area contributed by atoms with Crippen molar-refractivity contribution in [2.45, 2.75) is 26.7 Å². The summed E-state index contributed by atoms with van der Waals surface area (Å²) in [5.41, 5.74) is 0.617. The molecular weight excluding hydrogens is 373 g/mol. The molecule has 29 heavy (non-hydrogen) atoms. The molecule has 0 atom stereocenters. The fraction of sp³-hybridized carbons (Fsp3) is 0.192. The summed E-state index contributed by atoms with van der Waals surface area (Å²) < 4.78 is 5.45. The van der Waals surface area contributed by atoms with Crippen LogP contribution in [0.5, 0.6) is 0 Å². The first kappa shape index (κ1) is 19.6. The van der Waals surface area contributed by atoms with Crippen LogP contribution in [0.25, 0.3) is 0 Å². The smallest absolute Gasteiger partial charge is 0.163 e. The summed E-state index contributed by atoms with van der Waals surface area (Å²) in [4.78, 5) is 12.7. The minimum atomic E-state index is -2.29. The third-order valence-electron chi connectivity index (χ3n) is 5.64. The van der Waals surface area contributed by atoms with Crippen LogP contribution in [0.2, 0.25) is 0 Å². The van der Waals surface area contributed by atoms with Gasteiger partial charge in [0.05, 0.1) is 7.05 Å². The molecule has 146 valence electrons. The number of carbonyl (C=O) groups excluding carboxylic acids is 1. The summed E-state index contributed by atoms with van der Waals surface area (Å²) in [6.07, 6.45) is 3.44. The summed E-state index contributed by atoms with van der Waals surface area (Å²) in [5, 5.41) is 3.61. The van der Waals surface area contributed by atoms with E-state index in [0.717, 1.165) is 18.5 Å². The summed E-state index contributed by atoms with van der Waals surface area (Å²) in [6.45, 7) is 4.05. The molecule has 3 aromatic rings. The van der Waals surface area contributed by atoms with E-state index in [4.69, 9.17) is 4.74 Å². The van der Waals surface area contributed by atoms with Crippen LogP contribution in [0, 0.1) is 5.41 Å². The largest absolute Gasteiger partial charge is 0.294 e. The van der Waals surface area contributed by atoms with E-state index in [1.807, 2.05) is 32.0 Å². The molecule has 0 aromatic heterocycles. The van der Waals surface area contributed by atoms with Crippen LogP contribution in [0.4, 0.5) is 0 Å². The lowest BCUT2D eigenvalue weighted by atomic mass is 9.79. The average molecular weight is 399 g/mol. The van der Waals surface area contributed by atoms with Gasteiger partial charge in [-0.05, 0) is 12.8 Å². The Morgan fingerprint density at radius 3 is 1.52 bits per heavy atom. The maximum atomic E-state index is 12.7. The Morgan fingerprint density at radius 1 is 0.724 bits per heavy atom. The van der Waals surface area contributed by atoms with Crippen molar-refractivity contribution in [3.8, 4) is 0 Å². The quantitative estimate of drug-likeness (QED) is 0.538. The molecule has 2 nitrogen and oxygen atoms in total. The molecule has 0 radical (unpaired) electrons. The highest BCUT2D eigenvalue weighted by molar-refractivity contribution is 7.87. The van der Waals surface area contributed by atoms with Gasteiger partial charge >= 0.3 is 0 Å². The lowest BCUT2D eigenvalue weighted by Gasteiger charge is -2.30. The Labute approximate surface area is 173 Å². The number of benzene rings is 3. The predicted octanol–water partition coefficient (Wildman–Crippen LogP) is 5.44. The molecule has 4 rings (SSSR count). The first-order valence-corrected chi connectivity index (χ1v) is 11.8. The van der Waals surface area contributed by atoms with Gasteiger partial charge in [-0.25, -0.2) is 0 Å². The van der Waals surface area contributed by atoms with E-state index in [-0.39, 0.29) is 11.2 Å². The molecule has 0 heterocycles. The van der Waals surface area contributed by atoms with Gasteiger partial charge in [-0.3, -0.25) is 9.54 Å². The molecule has 0 N–H and O–H groups in total. The number of ketones is 1. The number of hydrogen-bond acceptors (Lipinski definition) is 2. The average Bonchev–Trinajstić information content (AvgIpc) is 2.76. The predicted molar refractivity (Wildman–Crippen MR) is 124 cm³/mol. The van der Waals surface area contributed by atoms with Crippen LogP contribution in [0.15, 0.2) is 108 Å². The van der Waals surface area contributed by atoms with E-state index >= 15 is 0 Å². The van der Waals surface area contributed by atoms with Crippen LogP contribution in [0.1, 0.15) is 26.7 Å². The normalized spacial score (nSPS) is 16.2. The Kier molecular flexibility index (Phi) is 5.39. The molecule has 1 aliphatic carbocycles. The molecule has 0 spiro atoms. The SMILES string of the molecule is CC1(C)CCC(N=P(c2ccccc2)(c2ccccc2)c2ccccc2)=CC1=O. The first-order valence-electron chi connectivity index (χ1n) is 10.1. The van der Waals surface area contributed by atoms with Gasteiger partial charge in [0.1, 0.15) is 0 Å². The highest BCUT2D eigenvalue weighted by Crippen LogP contribution is 2.49. The van der Waals surface area contributed by atoms with Gasteiger partial charge in [0, 0.05) is 33.1 Å². The summed E-state index contributed by atoms with van der Waals surface area (Å²) in [7, 11) is -2.29. The van der Waals surface area contributed by atoms with Gasteiger partial charge in [-0.2, -0.15) is 0 Å². The van der Waals surface area contributed by atoms with Gasteiger partial charge in [-0.15, -0.1) is 0 Å². The third-order valence-corrected chi connectivity index (χ3v) is 9.33. The van der Waals surface area contributed by atoms with E-state index in [0.29, 0.717) is 0 Å². The van der Waals surface area contributed by atoms with Crippen molar-refractivity contribution in [3.63, 3.8) is 0 Å². The highest BCUT2D eigenvalue weighted by Gasteiger charge is 2.32. The number of nitrogens with zero attached hydrogens (tertiary/aromatic N) is 1. The maximum absolute atomic E-state index is 12.7. The van der Waals surface area contributed by atoms with Crippen LogP contribution >= 0.6 is 7.05 Å². The minimum Gasteiger partial charge on any atom is -0.294 e. The molecule has 0 bridgehead atoms. The van der Waals surface area contributed by atoms with Gasteiger partial charge in [-0.1, -0.05) is 105 Å². The zero-order chi connectivity index (χ0) is 20.3. The monoisotopic (exact) mass is 399 g/mol. The zero-order valence-corrected chi connectivity index (χ0v) is 17.8. The molecule has 0 saturated heterocycles. The minimum absolute atomic E-state index is 0.176. The molecule has 3 heteroatoms. The summed E-state index contributed by atoms with van der Waals surface area (Å²) in [6, 6.07) is 31.6. The van der Waals surface area contributed by atoms with Gasteiger partial charge in [0.25, 0.3) is 0 Å². The van der Waals surface area contributed by atoms with Crippen molar-refractivity contribution < 1.29 is 4.79 Å². The molecule has 0 unspecified atom stereocenters. The fourth-order valence-corrected chi connectivity index (χ4v) is 7.40. The molecular formula is C26H26NOP. The van der Waals surface area contributed by atoms with Gasteiger partial charge in [0.15, 0.2) is 5.78 Å². The van der Waals surface area contributed by atoms with Crippen LogP contribution < -0.4 is 15.9 Å². The second kappa shape index (κ2) is 7.97. The molecule has 0 aliphatic heterocycles. The molecule has 3 aromatic carbocycles. The van der Waals surface area contributed by atoms with Gasteiger partial charge in [0.2, 0.25) is 0 Å². The number of hydrogen-bond donors (Lipinski definition) is 0. The van der Waals surface area contributed by atoms with E-state index < -0.39 is 7.05 Å². The number of rotatable bonds is 4. The summed E-state index contributed by atoms with van der Waals surface area (Å²) >= 11 is 0. The lowest BCUT2D eigenvalue weighted by Crippen LogP contribution is -2.28. The number of allylic oxidation sites excluding steroid dienone is 2. The Balaban J connectivity index is 2.05. The van der Waals surface area contributed by atoms with Crippen molar-refractivity contribution in [2.24, 2.45) is 10.2 Å². The lowest BCUT2D eigenvalue weighted by molar-refractivity contribution is -0.123. The van der Waals surface area contributed by atoms with Crippen molar-refractivity contribution in [2.75, 3.05) is 0 Å². The van der Waals surface area contributed by atoms with E-state index in [9.17, 15) is 4.79 Å². The van der Waals surface area contributed by atoms with Crippen LogP contribution in [-0.4, -0.2) is 5.78 Å². The van der Waals surface area contributed by atoms with Crippen LogP contribution in [0.3, 0.4) is 0 Å². The zero-order valence-electron chi connectivity index (χ0n) is 17.0. The van der Waals surface area contributed by atoms with Crippen molar-refractivity contribution in [1.82, 2.24) is 0 Å². The van der Waals surface area contributed by atoms with Crippen molar-refractivity contribution >= 4 is 28.8 Å². The van der Waals surface area contributed by atoms with E-state index in [1.54, 1.807) is 6.08 Å². The second-order valence-electron chi connectivity index (χ2n) is 8.13. The Morgan fingerprint density at radius 2 is 1.14 bits per heavy atom. The van der Waals surface area contributed by atoms with Crippen molar-refractivity contribution in [1.29, 1.82) is 0 Å². The van der Waals surface area contributed by atoms with Crippen molar-refractivity contribution in [3.05, 3.63) is 103 Å². The summed E-state index contributed by atoms with van der Waals surface area (Å²) in [5.74, 6) is 0.176. The third kappa shape index (κ3) is 3.78. The maximum Gasteiger partial charge on any atom is 0.163 e. The topological polar surface area (TPSA) is 29.4 Å². The number of carbonyl (C=O) groups is 1. The standard InChI is InChI=1S/C26H26NOP/c1-26(2)19-18-21(20-25(26)28)27-29(22-12-6-3-7-13-22,23-14-8-4-9-15-23)24-16-10-5-11-17-24/h3-17,20H,18-19H2,1-2H3. The Hall–Kier alpha value is -2.70. The first-order chi connectivity index (χ1) is 14.0. The van der Waals surface area contributed by atoms with E-state index in [2.05, 4.69) is 72.8 Å². The molecule has 0 amide bonds. The second-order valence-corrected chi connectivity index (χ2v) is 11.1. The van der Waals surface area contributed by atoms with E-state index in [1.165, 1.54) is 15.9 Å². The van der Waals surface area contributed by atoms with Gasteiger partial charge < -0.3 is 0 Å². The molecule has 1 aliphatic rings. The Bertz CT molecular complexity index is 980. The molecule has 0 fully saturated rings. The fourth-order valence-electron chi connectivity index (χ4n) is 3.81.